The minimum Gasteiger partial charge on any atom is -0.481 e. The lowest BCUT2D eigenvalue weighted by atomic mass is 10.1. The predicted molar refractivity (Wildman–Crippen MR) is 103 cm³/mol. The summed E-state index contributed by atoms with van der Waals surface area (Å²) in [6.45, 7) is 0.316. The van der Waals surface area contributed by atoms with Crippen molar-refractivity contribution in [1.82, 2.24) is 10.3 Å². The Bertz CT molecular complexity index is 925. The molecule has 2 N–H and O–H groups in total. The number of methoxy groups -OCH3 is 1. The Morgan fingerprint density at radius 2 is 1.67 bits per heavy atom. The first-order valence-corrected chi connectivity index (χ1v) is 8.40. The summed E-state index contributed by atoms with van der Waals surface area (Å²) in [5.41, 5.74) is 2.21. The molecule has 0 saturated heterocycles. The fourth-order valence-corrected chi connectivity index (χ4v) is 2.49. The highest BCUT2D eigenvalue weighted by Gasteiger charge is 2.13. The Labute approximate surface area is 157 Å². The number of anilines is 1. The lowest BCUT2D eigenvalue weighted by Crippen LogP contribution is -2.25. The number of hydrogen-bond acceptors (Lipinski definition) is 4. The third-order valence-electron chi connectivity index (χ3n) is 3.92. The Kier molecular flexibility index (Phi) is 5.79. The molecular formula is C21H19N3O3. The molecule has 2 amide bonds. The minimum absolute atomic E-state index is 0.268. The van der Waals surface area contributed by atoms with Crippen LogP contribution in [0.1, 0.15) is 26.3 Å². The number of nitrogens with one attached hydrogen (secondary N) is 2. The number of ether oxygens (including phenoxy) is 1. The molecule has 6 nitrogen and oxygen atoms in total. The van der Waals surface area contributed by atoms with E-state index >= 15 is 0 Å². The van der Waals surface area contributed by atoms with E-state index in [0.717, 1.165) is 5.56 Å². The second-order valence-corrected chi connectivity index (χ2v) is 5.76. The van der Waals surface area contributed by atoms with Crippen molar-refractivity contribution in [3.8, 4) is 5.88 Å². The number of para-hydroxylation sites is 1. The predicted octanol–water partition coefficient (Wildman–Crippen LogP) is 3.27. The average Bonchev–Trinajstić information content (AvgIpc) is 2.73. The number of carbonyl (C=O) groups excluding carboxylic acids is 2. The minimum atomic E-state index is -0.283. The number of nitrogens with zero attached hydrogens (tertiary/aromatic N) is 1. The summed E-state index contributed by atoms with van der Waals surface area (Å²) < 4.78 is 5.01. The first-order valence-electron chi connectivity index (χ1n) is 8.40. The van der Waals surface area contributed by atoms with Crippen LogP contribution < -0.4 is 15.4 Å². The zero-order valence-corrected chi connectivity index (χ0v) is 14.8. The van der Waals surface area contributed by atoms with Gasteiger partial charge >= 0.3 is 0 Å². The smallest absolute Gasteiger partial charge is 0.255 e. The van der Waals surface area contributed by atoms with Crippen LogP contribution in [-0.4, -0.2) is 23.9 Å². The topological polar surface area (TPSA) is 80.3 Å². The lowest BCUT2D eigenvalue weighted by Gasteiger charge is -2.11. The van der Waals surface area contributed by atoms with E-state index in [1.165, 1.54) is 0 Å². The van der Waals surface area contributed by atoms with Crippen molar-refractivity contribution >= 4 is 17.5 Å². The van der Waals surface area contributed by atoms with Gasteiger partial charge in [-0.1, -0.05) is 36.4 Å². The Hall–Kier alpha value is -3.67. The molecule has 136 valence electrons. The maximum atomic E-state index is 12.6. The lowest BCUT2D eigenvalue weighted by molar-refractivity contribution is 0.0951. The molecule has 0 atom stereocenters. The summed E-state index contributed by atoms with van der Waals surface area (Å²) in [5.74, 6) is -0.0379. The van der Waals surface area contributed by atoms with E-state index in [0.29, 0.717) is 29.2 Å². The molecule has 0 aliphatic carbocycles. The van der Waals surface area contributed by atoms with Gasteiger partial charge in [-0.25, -0.2) is 4.98 Å². The normalized spacial score (nSPS) is 10.1. The van der Waals surface area contributed by atoms with Gasteiger partial charge in [0.05, 0.1) is 18.4 Å². The fraction of sp³-hybridized carbons (Fsp3) is 0.0952. The van der Waals surface area contributed by atoms with Crippen LogP contribution in [0.3, 0.4) is 0 Å². The summed E-state index contributed by atoms with van der Waals surface area (Å²) in [6.07, 6.45) is 1.64. The van der Waals surface area contributed by atoms with Crippen molar-refractivity contribution < 1.29 is 14.3 Å². The molecule has 0 aliphatic rings. The molecule has 3 rings (SSSR count). The molecule has 0 bridgehead atoms. The van der Waals surface area contributed by atoms with Crippen molar-refractivity contribution in [3.05, 3.63) is 89.6 Å². The summed E-state index contributed by atoms with van der Waals surface area (Å²) in [7, 11) is 1.55. The number of benzene rings is 2. The van der Waals surface area contributed by atoms with Gasteiger partial charge < -0.3 is 15.4 Å². The highest BCUT2D eigenvalue weighted by molar-refractivity contribution is 6.08. The van der Waals surface area contributed by atoms with E-state index in [1.54, 1.807) is 67.9 Å². The average molecular weight is 361 g/mol. The number of hydrogen-bond donors (Lipinski definition) is 2. The molecule has 0 unspecified atom stereocenters. The SMILES string of the molecule is COc1ccc(CNC(=O)c2ccccc2NC(=O)c2ccccc2)cn1. The summed E-state index contributed by atoms with van der Waals surface area (Å²) in [6, 6.07) is 19.3. The van der Waals surface area contributed by atoms with Crippen LogP contribution in [0.15, 0.2) is 72.9 Å². The molecule has 3 aromatic rings. The van der Waals surface area contributed by atoms with E-state index in [2.05, 4.69) is 15.6 Å². The first kappa shape index (κ1) is 18.1. The number of carbonyl (C=O) groups is 2. The van der Waals surface area contributed by atoms with Crippen LogP contribution >= 0.6 is 0 Å². The second kappa shape index (κ2) is 8.62. The van der Waals surface area contributed by atoms with Gasteiger partial charge in [-0.3, -0.25) is 9.59 Å². The van der Waals surface area contributed by atoms with Gasteiger partial charge in [0.25, 0.3) is 11.8 Å². The number of aromatic nitrogens is 1. The number of rotatable bonds is 6. The summed E-state index contributed by atoms with van der Waals surface area (Å²) in [4.78, 5) is 29.0. The zero-order valence-electron chi connectivity index (χ0n) is 14.8. The van der Waals surface area contributed by atoms with Crippen LogP contribution in [0.25, 0.3) is 0 Å². The quantitative estimate of drug-likeness (QED) is 0.706. The van der Waals surface area contributed by atoms with Crippen molar-refractivity contribution in [2.24, 2.45) is 0 Å². The second-order valence-electron chi connectivity index (χ2n) is 5.76. The van der Waals surface area contributed by atoms with E-state index in [9.17, 15) is 9.59 Å². The van der Waals surface area contributed by atoms with E-state index in [4.69, 9.17) is 4.74 Å². The maximum Gasteiger partial charge on any atom is 0.255 e. The zero-order chi connectivity index (χ0) is 19.1. The monoisotopic (exact) mass is 361 g/mol. The highest BCUT2D eigenvalue weighted by Crippen LogP contribution is 2.16. The largest absolute Gasteiger partial charge is 0.481 e. The van der Waals surface area contributed by atoms with Gasteiger partial charge in [-0.2, -0.15) is 0 Å². The standard InChI is InChI=1S/C21H19N3O3/c1-27-19-12-11-15(13-22-19)14-23-21(26)17-9-5-6-10-18(17)24-20(25)16-7-3-2-4-8-16/h2-13H,14H2,1H3,(H,23,26)(H,24,25). The van der Waals surface area contributed by atoms with Crippen molar-refractivity contribution in [2.45, 2.75) is 6.54 Å². The molecule has 6 heteroatoms. The van der Waals surface area contributed by atoms with Gasteiger partial charge in [-0.15, -0.1) is 0 Å². The molecule has 0 fully saturated rings. The van der Waals surface area contributed by atoms with Crippen LogP contribution in [0, 0.1) is 0 Å². The first-order chi connectivity index (χ1) is 13.2. The van der Waals surface area contributed by atoms with E-state index in [-0.39, 0.29) is 11.8 Å². The Morgan fingerprint density at radius 3 is 2.37 bits per heavy atom. The molecule has 0 radical (unpaired) electrons. The van der Waals surface area contributed by atoms with Gasteiger partial charge in [-0.05, 0) is 29.8 Å². The number of pyridine rings is 1. The van der Waals surface area contributed by atoms with Crippen molar-refractivity contribution in [2.75, 3.05) is 12.4 Å². The highest BCUT2D eigenvalue weighted by atomic mass is 16.5. The maximum absolute atomic E-state index is 12.6. The van der Waals surface area contributed by atoms with Gasteiger partial charge in [0, 0.05) is 24.4 Å². The molecule has 1 heterocycles. The third-order valence-corrected chi connectivity index (χ3v) is 3.92. The Morgan fingerprint density at radius 1 is 0.926 bits per heavy atom. The van der Waals surface area contributed by atoms with Gasteiger partial charge in [0.2, 0.25) is 5.88 Å². The molecule has 0 spiro atoms. The fourth-order valence-electron chi connectivity index (χ4n) is 2.49. The van der Waals surface area contributed by atoms with Crippen LogP contribution in [0.2, 0.25) is 0 Å². The van der Waals surface area contributed by atoms with Crippen LogP contribution in [0.4, 0.5) is 5.69 Å². The molecule has 27 heavy (non-hydrogen) atoms. The number of amides is 2. The van der Waals surface area contributed by atoms with E-state index in [1.807, 2.05) is 12.1 Å². The summed E-state index contributed by atoms with van der Waals surface area (Å²) in [5, 5.41) is 5.63. The van der Waals surface area contributed by atoms with Crippen molar-refractivity contribution in [1.29, 1.82) is 0 Å². The van der Waals surface area contributed by atoms with Gasteiger partial charge in [0.1, 0.15) is 0 Å². The summed E-state index contributed by atoms with van der Waals surface area (Å²) >= 11 is 0. The molecule has 0 saturated carbocycles. The van der Waals surface area contributed by atoms with Crippen LogP contribution in [-0.2, 0) is 6.54 Å². The van der Waals surface area contributed by atoms with E-state index < -0.39 is 0 Å². The van der Waals surface area contributed by atoms with Gasteiger partial charge in [0.15, 0.2) is 0 Å². The molecule has 2 aromatic carbocycles. The third kappa shape index (κ3) is 4.70. The molecular weight excluding hydrogens is 342 g/mol. The molecule has 0 aliphatic heterocycles. The molecule has 1 aromatic heterocycles. The van der Waals surface area contributed by atoms with Crippen molar-refractivity contribution in [3.63, 3.8) is 0 Å². The Balaban J connectivity index is 1.68. The van der Waals surface area contributed by atoms with Crippen LogP contribution in [0.5, 0.6) is 5.88 Å².